The summed E-state index contributed by atoms with van der Waals surface area (Å²) in [7, 11) is 0. The normalized spacial score (nSPS) is 9.18. The highest BCUT2D eigenvalue weighted by molar-refractivity contribution is 5.70. The van der Waals surface area contributed by atoms with E-state index in [1.165, 1.54) is 0 Å². The second-order valence-corrected chi connectivity index (χ2v) is 1.81. The maximum Gasteiger partial charge on any atom is 0.332 e. The van der Waals surface area contributed by atoms with E-state index in [4.69, 9.17) is 4.74 Å². The molecule has 0 N–H and O–H groups in total. The van der Waals surface area contributed by atoms with Crippen molar-refractivity contribution in [3.63, 3.8) is 0 Å². The number of rotatable bonds is 6. The van der Waals surface area contributed by atoms with Gasteiger partial charge in [-0.15, -0.1) is 0 Å². The Kier molecular flexibility index (Phi) is 6.62. The van der Waals surface area contributed by atoms with Gasteiger partial charge in [-0.3, -0.25) is 0 Å². The van der Waals surface area contributed by atoms with E-state index in [2.05, 4.69) is 4.74 Å². The molecule has 0 radical (unpaired) electrons. The molecule has 0 aromatic carbocycles. The van der Waals surface area contributed by atoms with Crippen LogP contribution in [0, 0.1) is 0 Å². The van der Waals surface area contributed by atoms with Gasteiger partial charge in [0.2, 0.25) is 0 Å². The molecule has 64 valence electrons. The van der Waals surface area contributed by atoms with Crippen LogP contribution in [0.1, 0.15) is 13.3 Å². The molecule has 0 saturated carbocycles. The molecule has 11 heavy (non-hydrogen) atoms. The summed E-state index contributed by atoms with van der Waals surface area (Å²) in [5.74, 6) is -0.390. The van der Waals surface area contributed by atoms with Crippen LogP contribution >= 0.6 is 0 Å². The molecule has 0 atom stereocenters. The number of hydrogen-bond donors (Lipinski definition) is 0. The molecule has 0 aromatic heterocycles. The molecule has 0 fully saturated rings. The number of carbonyl (C=O) groups is 2. The third-order valence-electron chi connectivity index (χ3n) is 0.905. The van der Waals surface area contributed by atoms with Crippen molar-refractivity contribution >= 4 is 12.3 Å². The monoisotopic (exact) mass is 160 g/mol. The van der Waals surface area contributed by atoms with E-state index in [-0.39, 0.29) is 13.2 Å². The Morgan fingerprint density at radius 1 is 1.55 bits per heavy atom. The van der Waals surface area contributed by atoms with Crippen LogP contribution in [-0.4, -0.2) is 32.1 Å². The van der Waals surface area contributed by atoms with Gasteiger partial charge in [0.1, 0.15) is 12.9 Å². The molecule has 0 amide bonds. The van der Waals surface area contributed by atoms with Gasteiger partial charge in [0.05, 0.1) is 13.2 Å². The summed E-state index contributed by atoms with van der Waals surface area (Å²) >= 11 is 0. The molecule has 0 aliphatic heterocycles. The van der Waals surface area contributed by atoms with Crippen molar-refractivity contribution < 1.29 is 19.1 Å². The molecular weight excluding hydrogens is 148 g/mol. The highest BCUT2D eigenvalue weighted by atomic mass is 16.6. The predicted molar refractivity (Wildman–Crippen MR) is 38.1 cm³/mol. The van der Waals surface area contributed by atoms with Crippen molar-refractivity contribution in [1.29, 1.82) is 0 Å². The summed E-state index contributed by atoms with van der Waals surface area (Å²) in [6.45, 7) is 2.29. The molecule has 0 aromatic rings. The van der Waals surface area contributed by atoms with Crippen LogP contribution in [-0.2, 0) is 19.1 Å². The first-order valence-corrected chi connectivity index (χ1v) is 3.48. The molecule has 0 bridgehead atoms. The molecule has 0 heterocycles. The summed E-state index contributed by atoms with van der Waals surface area (Å²) in [5, 5.41) is 0. The van der Waals surface area contributed by atoms with Crippen LogP contribution < -0.4 is 0 Å². The van der Waals surface area contributed by atoms with Gasteiger partial charge in [-0.2, -0.15) is 0 Å². The van der Waals surface area contributed by atoms with Crippen LogP contribution in [0.15, 0.2) is 0 Å². The van der Waals surface area contributed by atoms with Crippen molar-refractivity contribution in [2.45, 2.75) is 13.3 Å². The first kappa shape index (κ1) is 10.1. The van der Waals surface area contributed by atoms with Gasteiger partial charge in [-0.25, -0.2) is 4.79 Å². The van der Waals surface area contributed by atoms with Gasteiger partial charge in [-0.05, 0) is 6.92 Å². The minimum absolute atomic E-state index is 0.0678. The van der Waals surface area contributed by atoms with Gasteiger partial charge < -0.3 is 14.3 Å². The van der Waals surface area contributed by atoms with Crippen LogP contribution in [0.2, 0.25) is 0 Å². The van der Waals surface area contributed by atoms with Gasteiger partial charge in [0, 0.05) is 6.42 Å². The Bertz CT molecular complexity index is 122. The average molecular weight is 160 g/mol. The second-order valence-electron chi connectivity index (χ2n) is 1.81. The van der Waals surface area contributed by atoms with E-state index < -0.39 is 5.97 Å². The van der Waals surface area contributed by atoms with E-state index >= 15 is 0 Å². The third-order valence-corrected chi connectivity index (χ3v) is 0.905. The Labute approximate surface area is 65.5 Å². The first-order chi connectivity index (χ1) is 5.31. The van der Waals surface area contributed by atoms with E-state index in [0.717, 1.165) is 6.29 Å². The van der Waals surface area contributed by atoms with Crippen LogP contribution in [0.4, 0.5) is 0 Å². The van der Waals surface area contributed by atoms with Crippen molar-refractivity contribution in [3.8, 4) is 0 Å². The summed E-state index contributed by atoms with van der Waals surface area (Å²) < 4.78 is 9.35. The van der Waals surface area contributed by atoms with Crippen LogP contribution in [0.5, 0.6) is 0 Å². The topological polar surface area (TPSA) is 52.6 Å². The Morgan fingerprint density at radius 3 is 2.82 bits per heavy atom. The third kappa shape index (κ3) is 6.99. The van der Waals surface area contributed by atoms with Crippen LogP contribution in [0.25, 0.3) is 0 Å². The zero-order valence-corrected chi connectivity index (χ0v) is 6.54. The highest BCUT2D eigenvalue weighted by Crippen LogP contribution is 1.82. The summed E-state index contributed by atoms with van der Waals surface area (Å²) in [6.07, 6.45) is 1.06. The fraction of sp³-hybridized carbons (Fsp3) is 0.714. The quantitative estimate of drug-likeness (QED) is 0.315. The standard InChI is InChI=1S/C7H12O4/c1-2-11-7(9)6-10-5-3-4-8/h4H,2-3,5-6H2,1H3. The number of ether oxygens (including phenoxy) is 2. The van der Waals surface area contributed by atoms with E-state index in [9.17, 15) is 9.59 Å². The predicted octanol–water partition coefficient (Wildman–Crippen LogP) is 0.155. The lowest BCUT2D eigenvalue weighted by molar-refractivity contribution is -0.148. The zero-order valence-electron chi connectivity index (χ0n) is 6.54. The van der Waals surface area contributed by atoms with Crippen molar-refractivity contribution in [3.05, 3.63) is 0 Å². The maximum absolute atomic E-state index is 10.6. The summed E-state index contributed by atoms with van der Waals surface area (Å²) in [5.41, 5.74) is 0. The molecule has 4 nitrogen and oxygen atoms in total. The minimum atomic E-state index is -0.390. The summed E-state index contributed by atoms with van der Waals surface area (Å²) in [6, 6.07) is 0. The zero-order chi connectivity index (χ0) is 8.53. The van der Waals surface area contributed by atoms with Gasteiger partial charge in [0.25, 0.3) is 0 Å². The average Bonchev–Trinajstić information content (AvgIpc) is 1.99. The Hall–Kier alpha value is -0.900. The SMILES string of the molecule is CCOC(=O)COCCC=O. The van der Waals surface area contributed by atoms with Crippen molar-refractivity contribution in [1.82, 2.24) is 0 Å². The van der Waals surface area contributed by atoms with Gasteiger partial charge in [0.15, 0.2) is 0 Å². The van der Waals surface area contributed by atoms with Gasteiger partial charge in [-0.1, -0.05) is 0 Å². The molecule has 4 heteroatoms. The second kappa shape index (κ2) is 7.21. The number of esters is 1. The number of carbonyl (C=O) groups excluding carboxylic acids is 2. The lowest BCUT2D eigenvalue weighted by Crippen LogP contribution is -2.12. The smallest absolute Gasteiger partial charge is 0.332 e. The molecule has 0 unspecified atom stereocenters. The molecule has 0 spiro atoms. The first-order valence-electron chi connectivity index (χ1n) is 3.48. The van der Waals surface area contributed by atoms with Gasteiger partial charge >= 0.3 is 5.97 Å². The Balaban J connectivity index is 3.10. The molecule has 0 aliphatic rings. The van der Waals surface area contributed by atoms with Crippen molar-refractivity contribution in [2.24, 2.45) is 0 Å². The largest absolute Gasteiger partial charge is 0.464 e. The fourth-order valence-corrected chi connectivity index (χ4v) is 0.490. The Morgan fingerprint density at radius 2 is 2.27 bits per heavy atom. The van der Waals surface area contributed by atoms with E-state index in [1.807, 2.05) is 0 Å². The summed E-state index contributed by atoms with van der Waals surface area (Å²) in [4.78, 5) is 20.3. The van der Waals surface area contributed by atoms with Crippen LogP contribution in [0.3, 0.4) is 0 Å². The molecule has 0 aliphatic carbocycles. The number of hydrogen-bond acceptors (Lipinski definition) is 4. The molecule has 0 rings (SSSR count). The lowest BCUT2D eigenvalue weighted by Gasteiger charge is -2.00. The molecular formula is C7H12O4. The molecule has 0 saturated heterocycles. The highest BCUT2D eigenvalue weighted by Gasteiger charge is 1.99. The number of aldehydes is 1. The maximum atomic E-state index is 10.6. The van der Waals surface area contributed by atoms with E-state index in [1.54, 1.807) is 6.92 Å². The minimum Gasteiger partial charge on any atom is -0.464 e. The lowest BCUT2D eigenvalue weighted by atomic mass is 10.5. The van der Waals surface area contributed by atoms with E-state index in [0.29, 0.717) is 13.0 Å². The van der Waals surface area contributed by atoms with Crippen molar-refractivity contribution in [2.75, 3.05) is 19.8 Å². The fourth-order valence-electron chi connectivity index (χ4n) is 0.490.